The van der Waals surface area contributed by atoms with Crippen LogP contribution in [0.2, 0.25) is 0 Å². The molecule has 37 heavy (non-hydrogen) atoms. The highest BCUT2D eigenvalue weighted by molar-refractivity contribution is 5.88. The Morgan fingerprint density at radius 3 is 2.65 bits per heavy atom. The van der Waals surface area contributed by atoms with Crippen molar-refractivity contribution < 1.29 is 19.1 Å². The minimum absolute atomic E-state index is 0.0642. The summed E-state index contributed by atoms with van der Waals surface area (Å²) < 4.78 is 11.3. The van der Waals surface area contributed by atoms with Gasteiger partial charge in [-0.2, -0.15) is 0 Å². The summed E-state index contributed by atoms with van der Waals surface area (Å²) in [6.07, 6.45) is 5.46. The molecule has 8 nitrogen and oxygen atoms in total. The number of methoxy groups -OCH3 is 1. The van der Waals surface area contributed by atoms with E-state index in [0.29, 0.717) is 32.5 Å². The van der Waals surface area contributed by atoms with E-state index >= 15 is 0 Å². The topological polar surface area (TPSA) is 96.6 Å². The molecule has 2 N–H and O–H groups in total. The number of ether oxygens (including phenoxy) is 2. The fourth-order valence-corrected chi connectivity index (χ4v) is 4.61. The summed E-state index contributed by atoms with van der Waals surface area (Å²) in [7, 11) is 1.62. The standard InChI is InChI=1S/C29H36N4O4/c1-4-14-37-28-20(2)6-5-7-25(28)22-17-33(18-22)29(35)26(15-21-8-11-24(36-3)12-9-21)32-27(34)13-10-23-16-30-19-31-23/h5-9,11-12,16,19,22,26H,4,10,13-15,17-18H2,1-3H3,(H,30,31)(H,32,34)/t26-/m1/s1. The smallest absolute Gasteiger partial charge is 0.245 e. The fourth-order valence-electron chi connectivity index (χ4n) is 4.61. The summed E-state index contributed by atoms with van der Waals surface area (Å²) in [6.45, 7) is 6.03. The fraction of sp³-hybridized carbons (Fsp3) is 0.414. The van der Waals surface area contributed by atoms with Gasteiger partial charge in [-0.1, -0.05) is 37.3 Å². The first-order valence-corrected chi connectivity index (χ1v) is 12.9. The molecule has 2 heterocycles. The molecule has 1 atom stereocenters. The van der Waals surface area contributed by atoms with Gasteiger partial charge in [-0.15, -0.1) is 0 Å². The van der Waals surface area contributed by atoms with Gasteiger partial charge in [-0.05, 0) is 43.0 Å². The molecule has 0 saturated carbocycles. The third kappa shape index (κ3) is 6.70. The van der Waals surface area contributed by atoms with Crippen LogP contribution in [-0.2, 0) is 22.4 Å². The van der Waals surface area contributed by atoms with Gasteiger partial charge in [-0.25, -0.2) is 4.98 Å². The van der Waals surface area contributed by atoms with Gasteiger partial charge in [0.05, 0.1) is 20.0 Å². The zero-order valence-electron chi connectivity index (χ0n) is 21.8. The number of H-pyrrole nitrogens is 1. The van der Waals surface area contributed by atoms with Crippen LogP contribution < -0.4 is 14.8 Å². The maximum atomic E-state index is 13.6. The van der Waals surface area contributed by atoms with E-state index < -0.39 is 6.04 Å². The highest BCUT2D eigenvalue weighted by atomic mass is 16.5. The Morgan fingerprint density at radius 1 is 1.19 bits per heavy atom. The highest BCUT2D eigenvalue weighted by Crippen LogP contribution is 2.36. The number of aromatic nitrogens is 2. The molecule has 0 bridgehead atoms. The molecule has 1 aliphatic heterocycles. The molecular weight excluding hydrogens is 468 g/mol. The normalized spacial score (nSPS) is 14.1. The van der Waals surface area contributed by atoms with E-state index in [1.54, 1.807) is 19.6 Å². The van der Waals surface area contributed by atoms with Gasteiger partial charge >= 0.3 is 0 Å². The van der Waals surface area contributed by atoms with E-state index in [-0.39, 0.29) is 24.2 Å². The van der Waals surface area contributed by atoms with E-state index in [1.807, 2.05) is 35.2 Å². The maximum absolute atomic E-state index is 13.6. The molecule has 8 heteroatoms. The van der Waals surface area contributed by atoms with Crippen molar-refractivity contribution in [1.29, 1.82) is 0 Å². The van der Waals surface area contributed by atoms with E-state index in [2.05, 4.69) is 41.3 Å². The molecule has 0 aliphatic carbocycles. The van der Waals surface area contributed by atoms with Gasteiger partial charge in [0.15, 0.2) is 0 Å². The van der Waals surface area contributed by atoms with Crippen molar-refractivity contribution >= 4 is 11.8 Å². The van der Waals surface area contributed by atoms with Gasteiger partial charge in [0.1, 0.15) is 17.5 Å². The Morgan fingerprint density at radius 2 is 1.97 bits per heavy atom. The number of para-hydroxylation sites is 1. The Labute approximate surface area is 218 Å². The first-order chi connectivity index (χ1) is 18.0. The Hall–Kier alpha value is -3.81. The second-order valence-electron chi connectivity index (χ2n) is 9.53. The number of hydrogen-bond donors (Lipinski definition) is 2. The molecule has 0 radical (unpaired) electrons. The lowest BCUT2D eigenvalue weighted by atomic mass is 9.88. The number of benzene rings is 2. The van der Waals surface area contributed by atoms with Gasteiger partial charge in [0.25, 0.3) is 0 Å². The Kier molecular flexibility index (Phi) is 8.82. The van der Waals surface area contributed by atoms with Crippen LogP contribution in [0.5, 0.6) is 11.5 Å². The van der Waals surface area contributed by atoms with Crippen molar-refractivity contribution in [1.82, 2.24) is 20.2 Å². The lowest BCUT2D eigenvalue weighted by molar-refractivity contribution is -0.140. The van der Waals surface area contributed by atoms with Crippen molar-refractivity contribution in [3.63, 3.8) is 0 Å². The predicted molar refractivity (Wildman–Crippen MR) is 142 cm³/mol. The lowest BCUT2D eigenvalue weighted by Gasteiger charge is -2.42. The molecule has 0 spiro atoms. The predicted octanol–water partition coefficient (Wildman–Crippen LogP) is 3.80. The van der Waals surface area contributed by atoms with Crippen LogP contribution in [0.25, 0.3) is 0 Å². The van der Waals surface area contributed by atoms with Crippen molar-refractivity contribution in [2.45, 2.75) is 51.5 Å². The van der Waals surface area contributed by atoms with Gasteiger partial charge in [0.2, 0.25) is 11.8 Å². The van der Waals surface area contributed by atoms with Gasteiger partial charge in [0, 0.05) is 49.3 Å². The molecule has 1 aromatic heterocycles. The van der Waals surface area contributed by atoms with Crippen LogP contribution in [-0.4, -0.2) is 59.5 Å². The first kappa shape index (κ1) is 26.3. The number of nitrogens with one attached hydrogen (secondary N) is 2. The maximum Gasteiger partial charge on any atom is 0.245 e. The largest absolute Gasteiger partial charge is 0.497 e. The molecule has 2 aromatic carbocycles. The number of carbonyl (C=O) groups excluding carboxylic acids is 2. The summed E-state index contributed by atoms with van der Waals surface area (Å²) in [4.78, 5) is 35.2. The highest BCUT2D eigenvalue weighted by Gasteiger charge is 2.37. The first-order valence-electron chi connectivity index (χ1n) is 12.9. The number of imidazole rings is 1. The van der Waals surface area contributed by atoms with E-state index in [4.69, 9.17) is 9.47 Å². The van der Waals surface area contributed by atoms with Crippen molar-refractivity contribution in [3.05, 3.63) is 77.4 Å². The summed E-state index contributed by atoms with van der Waals surface area (Å²) >= 11 is 0. The molecule has 196 valence electrons. The number of amides is 2. The number of rotatable bonds is 12. The van der Waals surface area contributed by atoms with Crippen LogP contribution in [0, 0.1) is 6.92 Å². The Bertz CT molecular complexity index is 1170. The average Bonchev–Trinajstić information content (AvgIpc) is 3.40. The Balaban J connectivity index is 1.43. The second-order valence-corrected chi connectivity index (χ2v) is 9.53. The van der Waals surface area contributed by atoms with Crippen LogP contribution in [0.4, 0.5) is 0 Å². The average molecular weight is 505 g/mol. The number of likely N-dealkylation sites (tertiary alicyclic amines) is 1. The van der Waals surface area contributed by atoms with E-state index in [9.17, 15) is 9.59 Å². The number of aromatic amines is 1. The van der Waals surface area contributed by atoms with Crippen molar-refractivity contribution in [2.75, 3.05) is 26.8 Å². The summed E-state index contributed by atoms with van der Waals surface area (Å²) in [5.41, 5.74) is 4.10. The monoisotopic (exact) mass is 504 g/mol. The molecule has 1 aliphatic rings. The minimum Gasteiger partial charge on any atom is -0.497 e. The van der Waals surface area contributed by atoms with Gasteiger partial charge < -0.3 is 24.7 Å². The molecular formula is C29H36N4O4. The van der Waals surface area contributed by atoms with E-state index in [1.165, 1.54) is 0 Å². The zero-order valence-corrected chi connectivity index (χ0v) is 21.8. The minimum atomic E-state index is -0.642. The quantitative estimate of drug-likeness (QED) is 0.391. The summed E-state index contributed by atoms with van der Waals surface area (Å²) in [6, 6.07) is 13.1. The van der Waals surface area contributed by atoms with Crippen molar-refractivity contribution in [3.8, 4) is 11.5 Å². The molecule has 1 saturated heterocycles. The van der Waals surface area contributed by atoms with E-state index in [0.717, 1.165) is 40.3 Å². The third-order valence-corrected chi connectivity index (χ3v) is 6.73. The molecule has 1 fully saturated rings. The summed E-state index contributed by atoms with van der Waals surface area (Å²) in [5, 5.41) is 2.99. The lowest BCUT2D eigenvalue weighted by Crippen LogP contribution is -2.56. The van der Waals surface area contributed by atoms with Crippen LogP contribution in [0.1, 0.15) is 48.1 Å². The number of hydrogen-bond acceptors (Lipinski definition) is 5. The number of carbonyl (C=O) groups is 2. The number of aryl methyl sites for hydroxylation is 2. The van der Waals surface area contributed by atoms with Crippen LogP contribution in [0.15, 0.2) is 55.0 Å². The summed E-state index contributed by atoms with van der Waals surface area (Å²) in [5.74, 6) is 1.68. The van der Waals surface area contributed by atoms with Crippen LogP contribution in [0.3, 0.4) is 0 Å². The van der Waals surface area contributed by atoms with Crippen LogP contribution >= 0.6 is 0 Å². The molecule has 2 amide bonds. The molecule has 0 unspecified atom stereocenters. The number of nitrogens with zero attached hydrogens (tertiary/aromatic N) is 2. The van der Waals surface area contributed by atoms with Crippen molar-refractivity contribution in [2.24, 2.45) is 0 Å². The molecule has 3 aromatic rings. The third-order valence-electron chi connectivity index (χ3n) is 6.73. The van der Waals surface area contributed by atoms with Gasteiger partial charge in [-0.3, -0.25) is 9.59 Å². The second kappa shape index (κ2) is 12.4. The molecule has 4 rings (SSSR count). The SMILES string of the molecule is CCCOc1c(C)cccc1C1CN(C(=O)[C@@H](Cc2ccc(OC)cc2)NC(=O)CCc2cnc[nH]2)C1. The zero-order chi connectivity index (χ0) is 26.2.